The first-order valence-corrected chi connectivity index (χ1v) is 8.81. The number of benzene rings is 1. The lowest BCUT2D eigenvalue weighted by molar-refractivity contribution is -0.858. The zero-order valence-electron chi connectivity index (χ0n) is 14.3. The highest BCUT2D eigenvalue weighted by Gasteiger charge is 2.51. The molecule has 0 bridgehead atoms. The van der Waals surface area contributed by atoms with E-state index < -0.39 is 0 Å². The minimum absolute atomic E-state index is 0.00413. The highest BCUT2D eigenvalue weighted by Crippen LogP contribution is 2.45. The Balaban J connectivity index is 1.68. The highest BCUT2D eigenvalue weighted by molar-refractivity contribution is 6.10. The summed E-state index contributed by atoms with van der Waals surface area (Å²) in [5.74, 6) is -0.417. The SMILES string of the molecule is C[NH+](C)CCCN1C(=O)[C@@H]2CCc3[nH]c4ccccc4c3[C@@H]2C1=O. The molecule has 2 aliphatic rings. The molecule has 5 heteroatoms. The predicted octanol–water partition coefficient (Wildman–Crippen LogP) is 0.717. The van der Waals surface area contributed by atoms with Gasteiger partial charge >= 0.3 is 0 Å². The number of rotatable bonds is 4. The van der Waals surface area contributed by atoms with Gasteiger partial charge in [0.25, 0.3) is 0 Å². The van der Waals surface area contributed by atoms with Crippen molar-refractivity contribution in [3.8, 4) is 0 Å². The molecule has 1 aliphatic heterocycles. The van der Waals surface area contributed by atoms with E-state index in [1.165, 1.54) is 9.80 Å². The number of carbonyl (C=O) groups is 2. The number of nitrogens with zero attached hydrogens (tertiary/aromatic N) is 1. The second-order valence-corrected chi connectivity index (χ2v) is 7.32. The summed E-state index contributed by atoms with van der Waals surface area (Å²) in [5.41, 5.74) is 3.28. The number of likely N-dealkylation sites (tertiary alicyclic amines) is 1. The average molecular weight is 326 g/mol. The van der Waals surface area contributed by atoms with Crippen LogP contribution in [0, 0.1) is 5.92 Å². The molecule has 0 saturated carbocycles. The lowest BCUT2D eigenvalue weighted by Crippen LogP contribution is -3.05. The van der Waals surface area contributed by atoms with Crippen molar-refractivity contribution in [2.24, 2.45) is 5.92 Å². The lowest BCUT2D eigenvalue weighted by Gasteiger charge is -2.21. The molecule has 2 heterocycles. The van der Waals surface area contributed by atoms with Crippen LogP contribution in [-0.2, 0) is 16.0 Å². The lowest BCUT2D eigenvalue weighted by atomic mass is 9.78. The third-order valence-corrected chi connectivity index (χ3v) is 5.42. The Morgan fingerprint density at radius 3 is 2.79 bits per heavy atom. The molecule has 2 aromatic rings. The standard InChI is InChI=1S/C19H23N3O2/c1-21(2)10-5-11-22-18(23)13-8-9-15-16(17(13)19(22)24)12-6-3-4-7-14(12)20-15/h3-4,6-7,13,17,20H,5,8-11H2,1-2H3/p+1/t13-,17-/m1/s1. The molecule has 2 atom stereocenters. The molecule has 5 nitrogen and oxygen atoms in total. The zero-order chi connectivity index (χ0) is 16.8. The van der Waals surface area contributed by atoms with E-state index >= 15 is 0 Å². The number of hydrogen-bond acceptors (Lipinski definition) is 2. The van der Waals surface area contributed by atoms with Crippen molar-refractivity contribution in [1.82, 2.24) is 9.88 Å². The van der Waals surface area contributed by atoms with E-state index in [0.29, 0.717) is 6.54 Å². The molecular weight excluding hydrogens is 302 g/mol. The maximum Gasteiger partial charge on any atom is 0.237 e. The molecule has 2 N–H and O–H groups in total. The molecule has 126 valence electrons. The van der Waals surface area contributed by atoms with Crippen LogP contribution in [0.5, 0.6) is 0 Å². The Morgan fingerprint density at radius 2 is 2.00 bits per heavy atom. The number of para-hydroxylation sites is 1. The second-order valence-electron chi connectivity index (χ2n) is 7.32. The van der Waals surface area contributed by atoms with Gasteiger partial charge in [-0.15, -0.1) is 0 Å². The fraction of sp³-hybridized carbons (Fsp3) is 0.474. The number of hydrogen-bond donors (Lipinski definition) is 2. The number of aromatic nitrogens is 1. The van der Waals surface area contributed by atoms with Crippen molar-refractivity contribution in [3.63, 3.8) is 0 Å². The molecule has 0 radical (unpaired) electrons. The van der Waals surface area contributed by atoms with Gasteiger partial charge in [-0.25, -0.2) is 0 Å². The van der Waals surface area contributed by atoms with Crippen LogP contribution < -0.4 is 4.90 Å². The van der Waals surface area contributed by atoms with Crippen LogP contribution in [0.25, 0.3) is 10.9 Å². The number of H-pyrrole nitrogens is 1. The predicted molar refractivity (Wildman–Crippen MR) is 91.9 cm³/mol. The van der Waals surface area contributed by atoms with Crippen molar-refractivity contribution >= 4 is 22.7 Å². The molecule has 1 aliphatic carbocycles. The van der Waals surface area contributed by atoms with Gasteiger partial charge in [0.15, 0.2) is 0 Å². The summed E-state index contributed by atoms with van der Waals surface area (Å²) in [6, 6.07) is 8.10. The van der Waals surface area contributed by atoms with Crippen molar-refractivity contribution in [2.45, 2.75) is 25.2 Å². The van der Waals surface area contributed by atoms with Crippen molar-refractivity contribution in [3.05, 3.63) is 35.5 Å². The van der Waals surface area contributed by atoms with Crippen molar-refractivity contribution in [1.29, 1.82) is 0 Å². The van der Waals surface area contributed by atoms with Gasteiger partial charge in [0.05, 0.1) is 32.5 Å². The van der Waals surface area contributed by atoms with Gasteiger partial charge in [-0.05, 0) is 24.5 Å². The van der Waals surface area contributed by atoms with E-state index in [1.807, 2.05) is 18.2 Å². The van der Waals surface area contributed by atoms with E-state index in [4.69, 9.17) is 0 Å². The Kier molecular flexibility index (Phi) is 3.68. The van der Waals surface area contributed by atoms with Gasteiger partial charge in [-0.3, -0.25) is 14.5 Å². The minimum atomic E-state index is -0.288. The number of aromatic amines is 1. The smallest absolute Gasteiger partial charge is 0.237 e. The summed E-state index contributed by atoms with van der Waals surface area (Å²) < 4.78 is 0. The van der Waals surface area contributed by atoms with Crippen LogP contribution in [0.15, 0.2) is 24.3 Å². The summed E-state index contributed by atoms with van der Waals surface area (Å²) >= 11 is 0. The van der Waals surface area contributed by atoms with E-state index in [-0.39, 0.29) is 23.7 Å². The van der Waals surface area contributed by atoms with Crippen LogP contribution in [0.3, 0.4) is 0 Å². The number of nitrogens with one attached hydrogen (secondary N) is 2. The summed E-state index contributed by atoms with van der Waals surface area (Å²) in [4.78, 5) is 32.1. The van der Waals surface area contributed by atoms with Crippen LogP contribution in [-0.4, -0.2) is 48.9 Å². The molecule has 24 heavy (non-hydrogen) atoms. The van der Waals surface area contributed by atoms with Crippen molar-refractivity contribution in [2.75, 3.05) is 27.2 Å². The Bertz CT molecular complexity index is 808. The van der Waals surface area contributed by atoms with Gasteiger partial charge in [0, 0.05) is 29.6 Å². The van der Waals surface area contributed by atoms with E-state index in [2.05, 4.69) is 25.1 Å². The summed E-state index contributed by atoms with van der Waals surface area (Å²) in [7, 11) is 4.18. The Labute approximate surface area is 141 Å². The fourth-order valence-corrected chi connectivity index (χ4v) is 4.29. The highest BCUT2D eigenvalue weighted by atomic mass is 16.2. The molecule has 0 spiro atoms. The molecule has 1 aromatic heterocycles. The third kappa shape index (κ3) is 2.26. The Hall–Kier alpha value is -2.14. The maximum atomic E-state index is 13.0. The molecule has 1 saturated heterocycles. The average Bonchev–Trinajstić information content (AvgIpc) is 3.05. The number of amides is 2. The summed E-state index contributed by atoms with van der Waals surface area (Å²) in [6.45, 7) is 1.51. The van der Waals surface area contributed by atoms with Gasteiger partial charge in [-0.2, -0.15) is 0 Å². The van der Waals surface area contributed by atoms with Gasteiger partial charge in [-0.1, -0.05) is 18.2 Å². The van der Waals surface area contributed by atoms with E-state index in [1.54, 1.807) is 0 Å². The monoisotopic (exact) mass is 326 g/mol. The first-order chi connectivity index (χ1) is 11.6. The molecule has 4 rings (SSSR count). The number of aryl methyl sites for hydroxylation is 1. The summed E-state index contributed by atoms with van der Waals surface area (Å²) in [6.07, 6.45) is 2.48. The van der Waals surface area contributed by atoms with Gasteiger partial charge in [0.1, 0.15) is 0 Å². The van der Waals surface area contributed by atoms with Crippen LogP contribution in [0.1, 0.15) is 30.0 Å². The van der Waals surface area contributed by atoms with E-state index in [9.17, 15) is 9.59 Å². The number of carbonyl (C=O) groups excluding carboxylic acids is 2. The molecular formula is C19H24N3O2+. The van der Waals surface area contributed by atoms with E-state index in [0.717, 1.165) is 48.0 Å². The largest absolute Gasteiger partial charge is 0.358 e. The molecule has 1 aromatic carbocycles. The Morgan fingerprint density at radius 1 is 1.21 bits per heavy atom. The normalized spacial score (nSPS) is 23.2. The first-order valence-electron chi connectivity index (χ1n) is 8.81. The topological polar surface area (TPSA) is 57.6 Å². The third-order valence-electron chi connectivity index (χ3n) is 5.42. The number of imide groups is 1. The van der Waals surface area contributed by atoms with Crippen LogP contribution in [0.4, 0.5) is 0 Å². The first kappa shape index (κ1) is 15.4. The van der Waals surface area contributed by atoms with Crippen molar-refractivity contribution < 1.29 is 14.5 Å². The number of fused-ring (bicyclic) bond motifs is 5. The second kappa shape index (κ2) is 5.74. The van der Waals surface area contributed by atoms with Crippen LogP contribution >= 0.6 is 0 Å². The quantitative estimate of drug-likeness (QED) is 0.814. The van der Waals surface area contributed by atoms with Crippen LogP contribution in [0.2, 0.25) is 0 Å². The van der Waals surface area contributed by atoms with Gasteiger partial charge in [0.2, 0.25) is 11.8 Å². The number of quaternary nitrogens is 1. The molecule has 2 amide bonds. The molecule has 0 unspecified atom stereocenters. The fourth-order valence-electron chi connectivity index (χ4n) is 4.29. The molecule has 1 fully saturated rings. The maximum absolute atomic E-state index is 13.0. The summed E-state index contributed by atoms with van der Waals surface area (Å²) in [5, 5.41) is 1.10. The zero-order valence-corrected chi connectivity index (χ0v) is 14.3. The minimum Gasteiger partial charge on any atom is -0.358 e. The van der Waals surface area contributed by atoms with Gasteiger partial charge < -0.3 is 9.88 Å².